The van der Waals surface area contributed by atoms with Crippen LogP contribution in [0.25, 0.3) is 6.08 Å². The Kier molecular flexibility index (Phi) is 5.69. The first kappa shape index (κ1) is 18.5. The molecule has 0 aliphatic rings. The minimum Gasteiger partial charge on any atom is -0.289 e. The summed E-state index contributed by atoms with van der Waals surface area (Å²) in [5, 5.41) is 0. The number of nitrogens with zero attached hydrogens (tertiary/aromatic N) is 1. The molecule has 0 aromatic heterocycles. The molecule has 2 aromatic carbocycles. The Balaban J connectivity index is 2.20. The SMILES string of the molecule is CN(C)S(=O)(=O)c1ccc(C(=O)/C=C/c2ccc(Br)cc2F)cc1. The summed E-state index contributed by atoms with van der Waals surface area (Å²) in [5.74, 6) is -0.785. The third-order valence-corrected chi connectivity index (χ3v) is 5.62. The standard InChI is InChI=1S/C17H15BrFNO3S/c1-20(2)24(22,23)15-8-4-13(5-9-15)17(21)10-6-12-3-7-14(18)11-16(12)19/h3-11H,1-2H3/b10-6+. The summed E-state index contributed by atoms with van der Waals surface area (Å²) in [4.78, 5) is 12.2. The number of carbonyl (C=O) groups is 1. The molecule has 2 aromatic rings. The van der Waals surface area contributed by atoms with E-state index in [0.717, 1.165) is 4.31 Å². The summed E-state index contributed by atoms with van der Waals surface area (Å²) in [6.07, 6.45) is 2.64. The predicted octanol–water partition coefficient (Wildman–Crippen LogP) is 3.73. The summed E-state index contributed by atoms with van der Waals surface area (Å²) in [6.45, 7) is 0. The van der Waals surface area contributed by atoms with E-state index in [1.54, 1.807) is 12.1 Å². The van der Waals surface area contributed by atoms with Gasteiger partial charge in [0.25, 0.3) is 0 Å². The molecule has 0 atom stereocenters. The van der Waals surface area contributed by atoms with Crippen LogP contribution in [0, 0.1) is 5.82 Å². The van der Waals surface area contributed by atoms with Crippen molar-refractivity contribution in [3.05, 3.63) is 70.0 Å². The van der Waals surface area contributed by atoms with E-state index >= 15 is 0 Å². The molecule has 2 rings (SSSR count). The van der Waals surface area contributed by atoms with Gasteiger partial charge < -0.3 is 0 Å². The molecule has 0 aliphatic carbocycles. The first-order valence-corrected chi connectivity index (χ1v) is 9.15. The fourth-order valence-electron chi connectivity index (χ4n) is 1.90. The van der Waals surface area contributed by atoms with Crippen molar-refractivity contribution < 1.29 is 17.6 Å². The second kappa shape index (κ2) is 7.38. The summed E-state index contributed by atoms with van der Waals surface area (Å²) < 4.78 is 39.3. The molecule has 0 saturated carbocycles. The van der Waals surface area contributed by atoms with Gasteiger partial charge in [0.15, 0.2) is 5.78 Å². The lowest BCUT2D eigenvalue weighted by Crippen LogP contribution is -2.22. The lowest BCUT2D eigenvalue weighted by Gasteiger charge is -2.11. The Morgan fingerprint density at radius 1 is 1.12 bits per heavy atom. The first-order valence-electron chi connectivity index (χ1n) is 6.92. The number of hydrogen-bond acceptors (Lipinski definition) is 3. The van der Waals surface area contributed by atoms with Crippen LogP contribution >= 0.6 is 15.9 Å². The van der Waals surface area contributed by atoms with Gasteiger partial charge in [-0.05, 0) is 48.6 Å². The molecule has 0 bridgehead atoms. The van der Waals surface area contributed by atoms with Crippen molar-refractivity contribution >= 4 is 37.8 Å². The van der Waals surface area contributed by atoms with Gasteiger partial charge in [-0.1, -0.05) is 22.0 Å². The second-order valence-corrected chi connectivity index (χ2v) is 8.24. The van der Waals surface area contributed by atoms with Crippen LogP contribution in [0.3, 0.4) is 0 Å². The number of rotatable bonds is 5. The molecule has 7 heteroatoms. The number of sulfonamides is 1. The predicted molar refractivity (Wildman–Crippen MR) is 94.8 cm³/mol. The van der Waals surface area contributed by atoms with Crippen molar-refractivity contribution in [3.63, 3.8) is 0 Å². The third-order valence-electron chi connectivity index (χ3n) is 3.29. The van der Waals surface area contributed by atoms with Gasteiger partial charge in [0.05, 0.1) is 4.90 Å². The average Bonchev–Trinajstić information content (AvgIpc) is 2.53. The van der Waals surface area contributed by atoms with E-state index in [1.165, 1.54) is 56.6 Å². The minimum absolute atomic E-state index is 0.104. The molecule has 0 unspecified atom stereocenters. The zero-order chi connectivity index (χ0) is 17.9. The summed E-state index contributed by atoms with van der Waals surface area (Å²) in [6, 6.07) is 10.1. The molecule has 0 spiro atoms. The number of hydrogen-bond donors (Lipinski definition) is 0. The first-order chi connectivity index (χ1) is 11.2. The highest BCUT2D eigenvalue weighted by Crippen LogP contribution is 2.18. The van der Waals surface area contributed by atoms with E-state index in [0.29, 0.717) is 15.6 Å². The minimum atomic E-state index is -3.53. The van der Waals surface area contributed by atoms with Crippen molar-refractivity contribution in [2.24, 2.45) is 0 Å². The van der Waals surface area contributed by atoms with Crippen molar-refractivity contribution in [3.8, 4) is 0 Å². The molecule has 0 amide bonds. The second-order valence-electron chi connectivity index (χ2n) is 5.18. The van der Waals surface area contributed by atoms with Crippen molar-refractivity contribution in [2.45, 2.75) is 4.90 Å². The van der Waals surface area contributed by atoms with Gasteiger partial charge in [0, 0.05) is 29.7 Å². The smallest absolute Gasteiger partial charge is 0.242 e. The molecular weight excluding hydrogens is 397 g/mol. The molecular formula is C17H15BrFNO3S. The Morgan fingerprint density at radius 3 is 2.29 bits per heavy atom. The number of ketones is 1. The topological polar surface area (TPSA) is 54.5 Å². The zero-order valence-corrected chi connectivity index (χ0v) is 15.4. The third kappa shape index (κ3) is 4.17. The molecule has 4 nitrogen and oxygen atoms in total. The highest BCUT2D eigenvalue weighted by atomic mass is 79.9. The van der Waals surface area contributed by atoms with E-state index in [4.69, 9.17) is 0 Å². The van der Waals surface area contributed by atoms with E-state index in [-0.39, 0.29) is 10.7 Å². The number of halogens is 2. The lowest BCUT2D eigenvalue weighted by atomic mass is 10.1. The molecule has 0 radical (unpaired) electrons. The van der Waals surface area contributed by atoms with Gasteiger partial charge >= 0.3 is 0 Å². The van der Waals surface area contributed by atoms with E-state index in [2.05, 4.69) is 15.9 Å². The maximum absolute atomic E-state index is 13.7. The number of allylic oxidation sites excluding steroid dienone is 1. The van der Waals surface area contributed by atoms with Crippen LogP contribution in [-0.4, -0.2) is 32.6 Å². The van der Waals surface area contributed by atoms with Gasteiger partial charge in [-0.3, -0.25) is 4.79 Å². The van der Waals surface area contributed by atoms with E-state index < -0.39 is 15.8 Å². The Labute approximate surface area is 148 Å². The molecule has 0 N–H and O–H groups in total. The monoisotopic (exact) mass is 411 g/mol. The normalized spacial score (nSPS) is 12.0. The maximum atomic E-state index is 13.7. The number of carbonyl (C=O) groups excluding carboxylic acids is 1. The quantitative estimate of drug-likeness (QED) is 0.556. The van der Waals surface area contributed by atoms with Crippen LogP contribution in [0.15, 0.2) is 57.9 Å². The van der Waals surface area contributed by atoms with Crippen LogP contribution in [0.4, 0.5) is 4.39 Å². The van der Waals surface area contributed by atoms with Crippen LogP contribution in [0.1, 0.15) is 15.9 Å². The van der Waals surface area contributed by atoms with Gasteiger partial charge in [-0.15, -0.1) is 0 Å². The van der Waals surface area contributed by atoms with Gasteiger partial charge in [-0.25, -0.2) is 17.1 Å². The molecule has 24 heavy (non-hydrogen) atoms. The van der Waals surface area contributed by atoms with Crippen molar-refractivity contribution in [1.82, 2.24) is 4.31 Å². The Hall–Kier alpha value is -1.83. The Bertz CT molecular complexity index is 891. The van der Waals surface area contributed by atoms with Gasteiger partial charge in [0.2, 0.25) is 10.0 Å². The van der Waals surface area contributed by atoms with Crippen LogP contribution in [-0.2, 0) is 10.0 Å². The van der Waals surface area contributed by atoms with Crippen LogP contribution in [0.2, 0.25) is 0 Å². The number of benzene rings is 2. The molecule has 0 saturated heterocycles. The largest absolute Gasteiger partial charge is 0.289 e. The van der Waals surface area contributed by atoms with Crippen molar-refractivity contribution in [2.75, 3.05) is 14.1 Å². The lowest BCUT2D eigenvalue weighted by molar-refractivity contribution is 0.104. The van der Waals surface area contributed by atoms with E-state index in [9.17, 15) is 17.6 Å². The average molecular weight is 412 g/mol. The summed E-state index contributed by atoms with van der Waals surface area (Å²) in [7, 11) is -0.666. The highest BCUT2D eigenvalue weighted by Gasteiger charge is 2.17. The molecule has 126 valence electrons. The van der Waals surface area contributed by atoms with E-state index in [1.807, 2.05) is 0 Å². The fourth-order valence-corrected chi connectivity index (χ4v) is 3.14. The summed E-state index contributed by atoms with van der Waals surface area (Å²) in [5.41, 5.74) is 0.611. The Morgan fingerprint density at radius 2 is 1.75 bits per heavy atom. The summed E-state index contributed by atoms with van der Waals surface area (Å²) >= 11 is 3.16. The molecule has 0 aliphatic heterocycles. The highest BCUT2D eigenvalue weighted by molar-refractivity contribution is 9.10. The van der Waals surface area contributed by atoms with Crippen LogP contribution in [0.5, 0.6) is 0 Å². The van der Waals surface area contributed by atoms with Gasteiger partial charge in [-0.2, -0.15) is 0 Å². The van der Waals surface area contributed by atoms with Crippen LogP contribution < -0.4 is 0 Å². The zero-order valence-electron chi connectivity index (χ0n) is 13.0. The van der Waals surface area contributed by atoms with Crippen molar-refractivity contribution in [1.29, 1.82) is 0 Å². The fraction of sp³-hybridized carbons (Fsp3) is 0.118. The molecule has 0 fully saturated rings. The maximum Gasteiger partial charge on any atom is 0.242 e. The van der Waals surface area contributed by atoms with Gasteiger partial charge in [0.1, 0.15) is 5.82 Å². The molecule has 0 heterocycles.